The van der Waals surface area contributed by atoms with Crippen LogP contribution in [0.2, 0.25) is 5.02 Å². The zero-order valence-electron chi connectivity index (χ0n) is 14.2. The van der Waals surface area contributed by atoms with Gasteiger partial charge in [0.2, 0.25) is 0 Å². The minimum atomic E-state index is -0.906. The number of halogens is 1. The number of aromatic hydroxyl groups is 1. The third kappa shape index (κ3) is 5.05. The van der Waals surface area contributed by atoms with Crippen molar-refractivity contribution in [2.24, 2.45) is 10.9 Å². The van der Waals surface area contributed by atoms with Crippen LogP contribution in [0.1, 0.15) is 35.3 Å². The van der Waals surface area contributed by atoms with E-state index in [1.165, 1.54) is 18.3 Å². The number of esters is 1. The SMILES string of the molecule is Cc1cccc(C(=O)Oc2cc(Cl)cc(C=NC(O)C(C)C)c2O)c1. The first kappa shape index (κ1) is 19.0. The molecule has 0 fully saturated rings. The molecule has 0 bridgehead atoms. The first-order valence-electron chi connectivity index (χ1n) is 7.80. The molecule has 2 rings (SSSR count). The molecule has 6 heteroatoms. The van der Waals surface area contributed by atoms with Crippen LogP contribution in [0, 0.1) is 12.8 Å². The third-order valence-electron chi connectivity index (χ3n) is 3.49. The summed E-state index contributed by atoms with van der Waals surface area (Å²) in [6.45, 7) is 5.49. The van der Waals surface area contributed by atoms with E-state index in [0.29, 0.717) is 5.56 Å². The van der Waals surface area contributed by atoms with Crippen molar-refractivity contribution in [2.45, 2.75) is 27.0 Å². The van der Waals surface area contributed by atoms with Crippen LogP contribution in [0.5, 0.6) is 11.5 Å². The predicted octanol–water partition coefficient (Wildman–Crippen LogP) is 3.97. The Kier molecular flexibility index (Phi) is 6.17. The third-order valence-corrected chi connectivity index (χ3v) is 3.71. The molecule has 0 aliphatic rings. The lowest BCUT2D eigenvalue weighted by molar-refractivity contribution is 0.0729. The van der Waals surface area contributed by atoms with Crippen LogP contribution in [0.4, 0.5) is 0 Å². The van der Waals surface area contributed by atoms with E-state index in [0.717, 1.165) is 5.56 Å². The van der Waals surface area contributed by atoms with Crippen molar-refractivity contribution >= 4 is 23.8 Å². The van der Waals surface area contributed by atoms with E-state index in [1.54, 1.807) is 18.2 Å². The van der Waals surface area contributed by atoms with E-state index < -0.39 is 12.2 Å². The molecular formula is C19H20ClNO4. The number of hydrogen-bond acceptors (Lipinski definition) is 5. The van der Waals surface area contributed by atoms with E-state index in [1.807, 2.05) is 26.8 Å². The largest absolute Gasteiger partial charge is 0.504 e. The Morgan fingerprint density at radius 1 is 1.28 bits per heavy atom. The Labute approximate surface area is 151 Å². The molecule has 0 saturated heterocycles. The monoisotopic (exact) mass is 361 g/mol. The van der Waals surface area contributed by atoms with Gasteiger partial charge >= 0.3 is 5.97 Å². The molecule has 25 heavy (non-hydrogen) atoms. The van der Waals surface area contributed by atoms with Gasteiger partial charge in [0.05, 0.1) is 5.56 Å². The number of carbonyl (C=O) groups is 1. The summed E-state index contributed by atoms with van der Waals surface area (Å²) >= 11 is 6.03. The Balaban J connectivity index is 2.28. The lowest BCUT2D eigenvalue weighted by Gasteiger charge is -2.11. The van der Waals surface area contributed by atoms with Gasteiger partial charge in [-0.25, -0.2) is 4.79 Å². The van der Waals surface area contributed by atoms with Crippen LogP contribution in [0.15, 0.2) is 41.4 Å². The maximum absolute atomic E-state index is 12.2. The topological polar surface area (TPSA) is 79.1 Å². The summed E-state index contributed by atoms with van der Waals surface area (Å²) in [5.41, 5.74) is 1.53. The number of phenols is 1. The molecule has 0 heterocycles. The van der Waals surface area contributed by atoms with Crippen LogP contribution in [0.3, 0.4) is 0 Å². The number of nitrogens with zero attached hydrogens (tertiary/aromatic N) is 1. The number of ether oxygens (including phenoxy) is 1. The van der Waals surface area contributed by atoms with Crippen LogP contribution in [0.25, 0.3) is 0 Å². The van der Waals surface area contributed by atoms with Gasteiger partial charge in [-0.2, -0.15) is 0 Å². The van der Waals surface area contributed by atoms with Gasteiger partial charge < -0.3 is 14.9 Å². The fraction of sp³-hybridized carbons (Fsp3) is 0.263. The maximum atomic E-state index is 12.2. The van der Waals surface area contributed by atoms with Crippen molar-refractivity contribution in [3.05, 3.63) is 58.1 Å². The van der Waals surface area contributed by atoms with Crippen molar-refractivity contribution in [2.75, 3.05) is 0 Å². The minimum Gasteiger partial charge on any atom is -0.504 e. The number of hydrogen-bond donors (Lipinski definition) is 2. The Bertz CT molecular complexity index is 802. The standard InChI is InChI=1S/C19H20ClNO4/c1-11(2)18(23)21-10-14-8-15(20)9-16(17(14)22)25-19(24)13-6-4-5-12(3)7-13/h4-11,18,22-23H,1-3H3. The van der Waals surface area contributed by atoms with E-state index in [4.69, 9.17) is 16.3 Å². The number of aryl methyl sites for hydroxylation is 1. The summed E-state index contributed by atoms with van der Waals surface area (Å²) in [5.74, 6) is -1.02. The zero-order valence-corrected chi connectivity index (χ0v) is 15.0. The molecule has 0 amide bonds. The quantitative estimate of drug-likeness (QED) is 0.480. The summed E-state index contributed by atoms with van der Waals surface area (Å²) in [7, 11) is 0. The molecule has 0 aliphatic heterocycles. The smallest absolute Gasteiger partial charge is 0.343 e. The molecule has 0 saturated carbocycles. The van der Waals surface area contributed by atoms with Crippen molar-refractivity contribution in [3.8, 4) is 11.5 Å². The molecule has 0 aromatic heterocycles. The van der Waals surface area contributed by atoms with E-state index in [-0.39, 0.29) is 28.0 Å². The van der Waals surface area contributed by atoms with E-state index in [9.17, 15) is 15.0 Å². The van der Waals surface area contributed by atoms with Crippen molar-refractivity contribution < 1.29 is 19.7 Å². The first-order valence-corrected chi connectivity index (χ1v) is 8.18. The summed E-state index contributed by atoms with van der Waals surface area (Å²) in [6, 6.07) is 9.74. The lowest BCUT2D eigenvalue weighted by atomic mass is 10.1. The number of aliphatic imine (C=N–C) groups is 1. The molecule has 0 spiro atoms. The Morgan fingerprint density at radius 2 is 2.00 bits per heavy atom. The molecule has 132 valence electrons. The zero-order chi connectivity index (χ0) is 18.6. The highest BCUT2D eigenvalue weighted by Crippen LogP contribution is 2.33. The fourth-order valence-electron chi connectivity index (χ4n) is 2.03. The van der Waals surface area contributed by atoms with Gasteiger partial charge in [0.1, 0.15) is 6.23 Å². The highest BCUT2D eigenvalue weighted by Gasteiger charge is 2.15. The second kappa shape index (κ2) is 8.14. The molecule has 0 aliphatic carbocycles. The molecule has 5 nitrogen and oxygen atoms in total. The fourth-order valence-corrected chi connectivity index (χ4v) is 2.25. The van der Waals surface area contributed by atoms with Crippen molar-refractivity contribution in [1.29, 1.82) is 0 Å². The number of rotatable bonds is 5. The Morgan fingerprint density at radius 3 is 2.64 bits per heavy atom. The van der Waals surface area contributed by atoms with Gasteiger partial charge in [0.15, 0.2) is 11.5 Å². The maximum Gasteiger partial charge on any atom is 0.343 e. The average molecular weight is 362 g/mol. The van der Waals surface area contributed by atoms with Gasteiger partial charge in [-0.05, 0) is 31.0 Å². The second-order valence-electron chi connectivity index (χ2n) is 6.04. The summed E-state index contributed by atoms with van der Waals surface area (Å²) in [4.78, 5) is 16.2. The van der Waals surface area contributed by atoms with Crippen molar-refractivity contribution in [1.82, 2.24) is 0 Å². The molecule has 2 aromatic carbocycles. The molecule has 2 aromatic rings. The van der Waals surface area contributed by atoms with Gasteiger partial charge in [-0.1, -0.05) is 43.1 Å². The molecular weight excluding hydrogens is 342 g/mol. The van der Waals surface area contributed by atoms with Gasteiger partial charge in [0.25, 0.3) is 0 Å². The molecule has 1 atom stereocenters. The first-order chi connectivity index (χ1) is 11.8. The number of aliphatic hydroxyl groups is 1. The summed E-state index contributed by atoms with van der Waals surface area (Å²) in [5, 5.41) is 20.3. The number of phenolic OH excluding ortho intramolecular Hbond substituents is 1. The highest BCUT2D eigenvalue weighted by molar-refractivity contribution is 6.31. The molecule has 1 unspecified atom stereocenters. The minimum absolute atomic E-state index is 0.0699. The van der Waals surface area contributed by atoms with Gasteiger partial charge in [0, 0.05) is 22.9 Å². The van der Waals surface area contributed by atoms with Crippen LogP contribution in [-0.4, -0.2) is 28.6 Å². The van der Waals surface area contributed by atoms with Crippen molar-refractivity contribution in [3.63, 3.8) is 0 Å². The van der Waals surface area contributed by atoms with Gasteiger partial charge in [-0.3, -0.25) is 4.99 Å². The average Bonchev–Trinajstić information content (AvgIpc) is 2.55. The highest BCUT2D eigenvalue weighted by atomic mass is 35.5. The molecule has 2 N–H and O–H groups in total. The van der Waals surface area contributed by atoms with Crippen LogP contribution in [-0.2, 0) is 0 Å². The lowest BCUT2D eigenvalue weighted by Crippen LogP contribution is -2.11. The summed E-state index contributed by atoms with van der Waals surface area (Å²) < 4.78 is 5.26. The number of benzene rings is 2. The summed E-state index contributed by atoms with van der Waals surface area (Å²) in [6.07, 6.45) is 0.396. The van der Waals surface area contributed by atoms with E-state index in [2.05, 4.69) is 4.99 Å². The normalized spacial score (nSPS) is 12.6. The Hall–Kier alpha value is -2.37. The number of aliphatic hydroxyl groups excluding tert-OH is 1. The predicted molar refractivity (Wildman–Crippen MR) is 97.7 cm³/mol. The number of carbonyl (C=O) groups excluding carboxylic acids is 1. The van der Waals surface area contributed by atoms with Crippen LogP contribution < -0.4 is 4.74 Å². The second-order valence-corrected chi connectivity index (χ2v) is 6.47. The van der Waals surface area contributed by atoms with Gasteiger partial charge in [-0.15, -0.1) is 0 Å². The van der Waals surface area contributed by atoms with Crippen LogP contribution >= 0.6 is 11.6 Å². The molecule has 0 radical (unpaired) electrons. The van der Waals surface area contributed by atoms with E-state index >= 15 is 0 Å².